The van der Waals surface area contributed by atoms with E-state index in [-0.39, 0.29) is 17.2 Å². The Balaban J connectivity index is 1.37. The molecule has 2 aromatic carbocycles. The Labute approximate surface area is 204 Å². The fourth-order valence-corrected chi connectivity index (χ4v) is 5.50. The SMILES string of the molecule is Cc1ccc(-n2c(S[C@@H](C)C(=O)N[C@@H]3CCCc4ccccc43)nnc2N2CCOCC2)cc1. The minimum Gasteiger partial charge on any atom is -0.378 e. The van der Waals surface area contributed by atoms with Crippen LogP contribution in [0.1, 0.15) is 42.5 Å². The molecule has 0 saturated carbocycles. The number of nitrogens with zero attached hydrogens (tertiary/aromatic N) is 4. The van der Waals surface area contributed by atoms with E-state index in [0.29, 0.717) is 13.2 Å². The molecule has 2 atom stereocenters. The van der Waals surface area contributed by atoms with Crippen LogP contribution in [0.5, 0.6) is 0 Å². The molecule has 1 N–H and O–H groups in total. The lowest BCUT2D eigenvalue weighted by atomic mass is 9.88. The van der Waals surface area contributed by atoms with Crippen molar-refractivity contribution >= 4 is 23.6 Å². The number of aryl methyl sites for hydroxylation is 2. The summed E-state index contributed by atoms with van der Waals surface area (Å²) in [5.41, 5.74) is 4.78. The number of benzene rings is 2. The third kappa shape index (κ3) is 4.83. The molecule has 1 amide bonds. The molecule has 0 radical (unpaired) electrons. The highest BCUT2D eigenvalue weighted by atomic mass is 32.2. The van der Waals surface area contributed by atoms with E-state index in [1.54, 1.807) is 0 Å². The summed E-state index contributed by atoms with van der Waals surface area (Å²) in [6.07, 6.45) is 3.14. The van der Waals surface area contributed by atoms with Crippen molar-refractivity contribution in [2.75, 3.05) is 31.2 Å². The lowest BCUT2D eigenvalue weighted by Crippen LogP contribution is -2.38. The van der Waals surface area contributed by atoms with Gasteiger partial charge in [0.2, 0.25) is 11.9 Å². The van der Waals surface area contributed by atoms with Gasteiger partial charge in [-0.2, -0.15) is 0 Å². The number of hydrogen-bond donors (Lipinski definition) is 1. The minimum atomic E-state index is -0.306. The average Bonchev–Trinajstić information content (AvgIpc) is 3.28. The van der Waals surface area contributed by atoms with Gasteiger partial charge in [0.05, 0.1) is 30.2 Å². The largest absolute Gasteiger partial charge is 0.378 e. The van der Waals surface area contributed by atoms with Gasteiger partial charge < -0.3 is 15.0 Å². The van der Waals surface area contributed by atoms with E-state index in [2.05, 4.69) is 80.4 Å². The van der Waals surface area contributed by atoms with Crippen LogP contribution in [0.3, 0.4) is 0 Å². The summed E-state index contributed by atoms with van der Waals surface area (Å²) in [7, 11) is 0. The summed E-state index contributed by atoms with van der Waals surface area (Å²) in [6.45, 7) is 6.90. The predicted molar refractivity (Wildman–Crippen MR) is 135 cm³/mol. The summed E-state index contributed by atoms with van der Waals surface area (Å²) in [5.74, 6) is 0.821. The second-order valence-electron chi connectivity index (χ2n) is 8.97. The number of fused-ring (bicyclic) bond motifs is 1. The van der Waals surface area contributed by atoms with Crippen molar-refractivity contribution < 1.29 is 9.53 Å². The van der Waals surface area contributed by atoms with Crippen LogP contribution in [0.15, 0.2) is 53.7 Å². The van der Waals surface area contributed by atoms with Gasteiger partial charge in [0.25, 0.3) is 0 Å². The monoisotopic (exact) mass is 477 g/mol. The smallest absolute Gasteiger partial charge is 0.233 e. The quantitative estimate of drug-likeness (QED) is 0.539. The zero-order chi connectivity index (χ0) is 23.5. The van der Waals surface area contributed by atoms with Crippen molar-refractivity contribution in [3.05, 3.63) is 65.2 Å². The third-order valence-corrected chi connectivity index (χ3v) is 7.58. The molecule has 0 bridgehead atoms. The summed E-state index contributed by atoms with van der Waals surface area (Å²) >= 11 is 1.45. The van der Waals surface area contributed by atoms with Gasteiger partial charge >= 0.3 is 0 Å². The summed E-state index contributed by atoms with van der Waals surface area (Å²) in [6, 6.07) is 16.8. The molecule has 5 rings (SSSR count). The van der Waals surface area contributed by atoms with E-state index >= 15 is 0 Å². The number of aromatic nitrogens is 3. The van der Waals surface area contributed by atoms with Crippen molar-refractivity contribution in [3.8, 4) is 5.69 Å². The van der Waals surface area contributed by atoms with Crippen LogP contribution < -0.4 is 10.2 Å². The molecule has 0 unspecified atom stereocenters. The van der Waals surface area contributed by atoms with Gasteiger partial charge in [0, 0.05) is 13.1 Å². The number of carbonyl (C=O) groups is 1. The van der Waals surface area contributed by atoms with Gasteiger partial charge in [0.1, 0.15) is 0 Å². The van der Waals surface area contributed by atoms with E-state index in [0.717, 1.165) is 49.1 Å². The van der Waals surface area contributed by atoms with Crippen LogP contribution in [0.2, 0.25) is 0 Å². The van der Waals surface area contributed by atoms with Crippen LogP contribution in [-0.2, 0) is 16.0 Å². The van der Waals surface area contributed by atoms with E-state index in [1.165, 1.54) is 28.5 Å². The van der Waals surface area contributed by atoms with E-state index in [9.17, 15) is 4.79 Å². The molecule has 1 aromatic heterocycles. The van der Waals surface area contributed by atoms with Crippen LogP contribution in [0.25, 0.3) is 5.69 Å². The number of thioether (sulfide) groups is 1. The number of ether oxygens (including phenoxy) is 1. The normalized spacial score (nSPS) is 18.9. The van der Waals surface area contributed by atoms with Crippen LogP contribution in [0.4, 0.5) is 5.95 Å². The second kappa shape index (κ2) is 10.2. The maximum absolute atomic E-state index is 13.2. The van der Waals surface area contributed by atoms with Gasteiger partial charge in [-0.1, -0.05) is 53.7 Å². The Bertz CT molecular complexity index is 1140. The Hall–Kier alpha value is -2.84. The zero-order valence-corrected chi connectivity index (χ0v) is 20.6. The maximum Gasteiger partial charge on any atom is 0.233 e. The van der Waals surface area contributed by atoms with Gasteiger partial charge in [0.15, 0.2) is 5.16 Å². The van der Waals surface area contributed by atoms with E-state index in [4.69, 9.17) is 4.74 Å². The highest BCUT2D eigenvalue weighted by molar-refractivity contribution is 8.00. The number of anilines is 1. The summed E-state index contributed by atoms with van der Waals surface area (Å²) in [4.78, 5) is 15.4. The minimum absolute atomic E-state index is 0.0260. The molecule has 34 heavy (non-hydrogen) atoms. The Morgan fingerprint density at radius 2 is 1.88 bits per heavy atom. The first-order valence-electron chi connectivity index (χ1n) is 12.0. The zero-order valence-electron chi connectivity index (χ0n) is 19.7. The predicted octanol–water partition coefficient (Wildman–Crippen LogP) is 4.09. The number of amides is 1. The van der Waals surface area contributed by atoms with Gasteiger partial charge in [-0.05, 0) is 56.4 Å². The van der Waals surface area contributed by atoms with Crippen LogP contribution in [-0.4, -0.2) is 52.2 Å². The molecule has 2 heterocycles. The van der Waals surface area contributed by atoms with Crippen molar-refractivity contribution in [1.29, 1.82) is 0 Å². The molecule has 1 aliphatic carbocycles. The first-order valence-corrected chi connectivity index (χ1v) is 12.9. The standard InChI is InChI=1S/C26H31N5O2S/c1-18-10-12-21(13-11-18)31-25(30-14-16-33-17-15-30)28-29-26(31)34-19(2)24(32)27-23-9-5-7-20-6-3-4-8-22(20)23/h3-4,6,8,10-13,19,23H,5,7,9,14-17H2,1-2H3,(H,27,32)/t19-,23+/m0/s1. The molecule has 7 nitrogen and oxygen atoms in total. The Morgan fingerprint density at radius 3 is 2.68 bits per heavy atom. The lowest BCUT2D eigenvalue weighted by Gasteiger charge is -2.28. The number of nitrogens with one attached hydrogen (secondary N) is 1. The maximum atomic E-state index is 13.2. The average molecular weight is 478 g/mol. The van der Waals surface area contributed by atoms with Gasteiger partial charge in [-0.3, -0.25) is 9.36 Å². The molecule has 8 heteroatoms. The number of rotatable bonds is 6. The fraction of sp³-hybridized carbons (Fsp3) is 0.423. The van der Waals surface area contributed by atoms with Crippen molar-refractivity contribution in [2.45, 2.75) is 49.6 Å². The van der Waals surface area contributed by atoms with Crippen molar-refractivity contribution in [3.63, 3.8) is 0 Å². The first-order chi connectivity index (χ1) is 16.6. The molecular weight excluding hydrogens is 446 g/mol. The number of morpholine rings is 1. The summed E-state index contributed by atoms with van der Waals surface area (Å²) < 4.78 is 7.59. The Morgan fingerprint density at radius 1 is 1.12 bits per heavy atom. The molecule has 0 spiro atoms. The molecule has 1 fully saturated rings. The van der Waals surface area contributed by atoms with Gasteiger partial charge in [-0.25, -0.2) is 0 Å². The molecule has 2 aliphatic rings. The van der Waals surface area contributed by atoms with Crippen molar-refractivity contribution in [2.24, 2.45) is 0 Å². The van der Waals surface area contributed by atoms with Crippen LogP contribution >= 0.6 is 11.8 Å². The van der Waals surface area contributed by atoms with Crippen LogP contribution in [0, 0.1) is 6.92 Å². The second-order valence-corrected chi connectivity index (χ2v) is 10.3. The van der Waals surface area contributed by atoms with Gasteiger partial charge in [-0.15, -0.1) is 10.2 Å². The van der Waals surface area contributed by atoms with E-state index in [1.807, 2.05) is 6.92 Å². The molecule has 3 aromatic rings. The summed E-state index contributed by atoms with van der Waals surface area (Å²) in [5, 5.41) is 12.7. The van der Waals surface area contributed by atoms with E-state index < -0.39 is 0 Å². The molecule has 1 saturated heterocycles. The fourth-order valence-electron chi connectivity index (χ4n) is 4.63. The number of hydrogen-bond acceptors (Lipinski definition) is 6. The first kappa shape index (κ1) is 22.9. The lowest BCUT2D eigenvalue weighted by molar-refractivity contribution is -0.121. The molecular formula is C26H31N5O2S. The highest BCUT2D eigenvalue weighted by Gasteiger charge is 2.27. The topological polar surface area (TPSA) is 72.3 Å². The highest BCUT2D eigenvalue weighted by Crippen LogP contribution is 2.32. The third-order valence-electron chi connectivity index (χ3n) is 6.54. The molecule has 1 aliphatic heterocycles. The Kier molecular flexibility index (Phi) is 6.87. The number of carbonyl (C=O) groups excluding carboxylic acids is 1. The molecule has 178 valence electrons. The van der Waals surface area contributed by atoms with Crippen molar-refractivity contribution in [1.82, 2.24) is 20.1 Å².